The molecule has 0 bridgehead atoms. The van der Waals surface area contributed by atoms with Crippen LogP contribution in [-0.2, 0) is 20.8 Å². The number of sulfone groups is 1. The van der Waals surface area contributed by atoms with Crippen molar-refractivity contribution in [3.8, 4) is 0 Å². The first-order chi connectivity index (χ1) is 12.2. The number of ether oxygens (including phenoxy) is 1. The fourth-order valence-corrected chi connectivity index (χ4v) is 4.66. The summed E-state index contributed by atoms with van der Waals surface area (Å²) in [5.41, 5.74) is -0.453. The van der Waals surface area contributed by atoms with E-state index >= 15 is 0 Å². The van der Waals surface area contributed by atoms with Crippen LogP contribution in [-0.4, -0.2) is 25.3 Å². The number of alkyl halides is 3. The lowest BCUT2D eigenvalue weighted by molar-refractivity contribution is -0.141. The molecule has 140 valence electrons. The van der Waals surface area contributed by atoms with Crippen molar-refractivity contribution in [3.05, 3.63) is 58.7 Å². The molecule has 1 aliphatic rings. The summed E-state index contributed by atoms with van der Waals surface area (Å²) in [4.78, 5) is 3.33. The molecular weight excluding hydrogens is 391 g/mol. The molecule has 2 aromatic rings. The number of hydrogen-bond donors (Lipinski definition) is 0. The number of benzene rings is 1. The molecule has 2 atom stereocenters. The van der Waals surface area contributed by atoms with E-state index in [1.54, 1.807) is 24.3 Å². The van der Waals surface area contributed by atoms with Crippen LogP contribution in [0, 0.1) is 0 Å². The molecule has 1 saturated heterocycles. The fourth-order valence-electron chi connectivity index (χ4n) is 2.86. The standard InChI is InChI=1S/C17H15ClF3NO3S/c18-12-6-4-11(5-7-12)14-10-13(8-9-25-14)26(23,24)16-3-1-2-15(22-16)17(19,20)21/h1-7,13-14H,8-10H2. The predicted molar refractivity (Wildman–Crippen MR) is 89.6 cm³/mol. The van der Waals surface area contributed by atoms with Crippen LogP contribution in [0.25, 0.3) is 0 Å². The van der Waals surface area contributed by atoms with E-state index in [1.165, 1.54) is 0 Å². The van der Waals surface area contributed by atoms with Gasteiger partial charge in [-0.15, -0.1) is 0 Å². The zero-order chi connectivity index (χ0) is 18.9. The van der Waals surface area contributed by atoms with Crippen molar-refractivity contribution in [1.82, 2.24) is 4.98 Å². The predicted octanol–water partition coefficient (Wildman–Crippen LogP) is 4.45. The summed E-state index contributed by atoms with van der Waals surface area (Å²) in [7, 11) is -4.01. The third-order valence-corrected chi connectivity index (χ3v) is 6.59. The number of nitrogens with zero attached hydrogens (tertiary/aromatic N) is 1. The molecule has 0 amide bonds. The molecule has 1 aromatic heterocycles. The molecule has 3 rings (SSSR count). The van der Waals surface area contributed by atoms with Gasteiger partial charge in [-0.05, 0) is 42.7 Å². The molecular formula is C17H15ClF3NO3S. The van der Waals surface area contributed by atoms with Crippen molar-refractivity contribution in [2.24, 2.45) is 0 Å². The van der Waals surface area contributed by atoms with E-state index < -0.39 is 38.1 Å². The second-order valence-corrected chi connectivity index (χ2v) is 8.57. The Labute approximate surface area is 153 Å². The average molecular weight is 406 g/mol. The molecule has 0 radical (unpaired) electrons. The van der Waals surface area contributed by atoms with Gasteiger partial charge in [-0.2, -0.15) is 13.2 Å². The van der Waals surface area contributed by atoms with Crippen molar-refractivity contribution in [3.63, 3.8) is 0 Å². The first-order valence-electron chi connectivity index (χ1n) is 7.83. The molecule has 4 nitrogen and oxygen atoms in total. The zero-order valence-corrected chi connectivity index (χ0v) is 15.0. The highest BCUT2D eigenvalue weighted by molar-refractivity contribution is 7.92. The molecule has 1 fully saturated rings. The lowest BCUT2D eigenvalue weighted by Crippen LogP contribution is -2.31. The van der Waals surface area contributed by atoms with Gasteiger partial charge in [0.2, 0.25) is 0 Å². The van der Waals surface area contributed by atoms with Crippen molar-refractivity contribution in [2.45, 2.75) is 35.4 Å². The van der Waals surface area contributed by atoms with E-state index in [-0.39, 0.29) is 19.4 Å². The molecule has 9 heteroatoms. The third-order valence-electron chi connectivity index (χ3n) is 4.22. The highest BCUT2D eigenvalue weighted by atomic mass is 35.5. The van der Waals surface area contributed by atoms with Crippen molar-refractivity contribution in [1.29, 1.82) is 0 Å². The van der Waals surface area contributed by atoms with Crippen LogP contribution in [0.1, 0.15) is 30.2 Å². The Bertz CT molecular complexity index is 885. The minimum Gasteiger partial charge on any atom is -0.373 e. The number of aromatic nitrogens is 1. The van der Waals surface area contributed by atoms with Gasteiger partial charge in [0.1, 0.15) is 5.69 Å². The van der Waals surface area contributed by atoms with Gasteiger partial charge in [-0.25, -0.2) is 13.4 Å². The first kappa shape index (κ1) is 19.1. The number of pyridine rings is 1. The van der Waals surface area contributed by atoms with Gasteiger partial charge in [0.15, 0.2) is 14.9 Å². The molecule has 0 aliphatic carbocycles. The Morgan fingerprint density at radius 1 is 1.12 bits per heavy atom. The Balaban J connectivity index is 1.86. The van der Waals surface area contributed by atoms with E-state index in [1.807, 2.05) is 0 Å². The Kier molecular flexibility index (Phi) is 5.28. The first-order valence-corrected chi connectivity index (χ1v) is 9.75. The maximum atomic E-state index is 12.8. The third kappa shape index (κ3) is 4.02. The zero-order valence-electron chi connectivity index (χ0n) is 13.4. The highest BCUT2D eigenvalue weighted by Gasteiger charge is 2.37. The Morgan fingerprint density at radius 3 is 2.46 bits per heavy atom. The van der Waals surface area contributed by atoms with Gasteiger partial charge < -0.3 is 4.74 Å². The summed E-state index contributed by atoms with van der Waals surface area (Å²) in [6.45, 7) is 0.191. The van der Waals surface area contributed by atoms with Crippen LogP contribution in [0.4, 0.5) is 13.2 Å². The molecule has 2 unspecified atom stereocenters. The van der Waals surface area contributed by atoms with E-state index in [9.17, 15) is 21.6 Å². The summed E-state index contributed by atoms with van der Waals surface area (Å²) in [5, 5.41) is -0.885. The van der Waals surface area contributed by atoms with Crippen molar-refractivity contribution in [2.75, 3.05) is 6.61 Å². The number of rotatable bonds is 3. The summed E-state index contributed by atoms with van der Waals surface area (Å²) < 4.78 is 69.7. The van der Waals surface area contributed by atoms with Crippen molar-refractivity contribution >= 4 is 21.4 Å². The molecule has 0 N–H and O–H groups in total. The number of hydrogen-bond acceptors (Lipinski definition) is 4. The van der Waals surface area contributed by atoms with Gasteiger partial charge in [0.05, 0.1) is 11.4 Å². The van der Waals surface area contributed by atoms with Gasteiger partial charge in [0.25, 0.3) is 0 Å². The molecule has 1 aromatic carbocycles. The van der Waals surface area contributed by atoms with Crippen LogP contribution >= 0.6 is 11.6 Å². The van der Waals surface area contributed by atoms with Gasteiger partial charge in [0, 0.05) is 11.6 Å². The lowest BCUT2D eigenvalue weighted by Gasteiger charge is -2.29. The lowest BCUT2D eigenvalue weighted by atomic mass is 10.0. The van der Waals surface area contributed by atoms with Crippen LogP contribution in [0.5, 0.6) is 0 Å². The van der Waals surface area contributed by atoms with Gasteiger partial charge >= 0.3 is 6.18 Å². The number of halogens is 4. The van der Waals surface area contributed by atoms with E-state index in [0.717, 1.165) is 23.8 Å². The maximum Gasteiger partial charge on any atom is 0.433 e. The quantitative estimate of drug-likeness (QED) is 0.757. The Morgan fingerprint density at radius 2 is 1.81 bits per heavy atom. The largest absolute Gasteiger partial charge is 0.433 e. The second-order valence-electron chi connectivity index (χ2n) is 5.96. The SMILES string of the molecule is O=S(=O)(c1cccc(C(F)(F)F)n1)C1CCOC(c2ccc(Cl)cc2)C1. The van der Waals surface area contributed by atoms with Crippen LogP contribution in [0.3, 0.4) is 0 Å². The fraction of sp³-hybridized carbons (Fsp3) is 0.353. The summed E-state index contributed by atoms with van der Waals surface area (Å²) in [6.07, 6.45) is -4.83. The van der Waals surface area contributed by atoms with Gasteiger partial charge in [-0.1, -0.05) is 29.8 Å². The average Bonchev–Trinajstić information content (AvgIpc) is 2.62. The summed E-state index contributed by atoms with van der Waals surface area (Å²) in [5.74, 6) is 0. The van der Waals surface area contributed by atoms with Crippen LogP contribution < -0.4 is 0 Å². The molecule has 0 spiro atoms. The van der Waals surface area contributed by atoms with Crippen LogP contribution in [0.15, 0.2) is 47.5 Å². The molecule has 1 aliphatic heterocycles. The van der Waals surface area contributed by atoms with Crippen molar-refractivity contribution < 1.29 is 26.3 Å². The highest BCUT2D eigenvalue weighted by Crippen LogP contribution is 2.35. The summed E-state index contributed by atoms with van der Waals surface area (Å²) in [6, 6.07) is 9.73. The van der Waals surface area contributed by atoms with Crippen LogP contribution in [0.2, 0.25) is 5.02 Å². The molecule has 2 heterocycles. The van der Waals surface area contributed by atoms with E-state index in [0.29, 0.717) is 5.02 Å². The second kappa shape index (κ2) is 7.17. The maximum absolute atomic E-state index is 12.8. The smallest absolute Gasteiger partial charge is 0.373 e. The topological polar surface area (TPSA) is 56.3 Å². The monoisotopic (exact) mass is 405 g/mol. The van der Waals surface area contributed by atoms with Gasteiger partial charge in [-0.3, -0.25) is 0 Å². The normalized spacial score (nSPS) is 21.5. The van der Waals surface area contributed by atoms with E-state index in [4.69, 9.17) is 16.3 Å². The molecule has 0 saturated carbocycles. The minimum absolute atomic E-state index is 0.141. The summed E-state index contributed by atoms with van der Waals surface area (Å²) >= 11 is 5.85. The van der Waals surface area contributed by atoms with E-state index in [2.05, 4.69) is 4.98 Å². The molecule has 26 heavy (non-hydrogen) atoms. The minimum atomic E-state index is -4.70. The Hall–Kier alpha value is -1.64.